The molecule has 1 aromatic heterocycles. The Morgan fingerprint density at radius 1 is 1.15 bits per heavy atom. The molecule has 0 radical (unpaired) electrons. The molecule has 0 unspecified atom stereocenters. The number of aromatic nitrogens is 1. The third kappa shape index (κ3) is 3.22. The van der Waals surface area contributed by atoms with Gasteiger partial charge in [-0.2, -0.15) is 0 Å². The molecule has 9 heteroatoms. The van der Waals surface area contributed by atoms with Crippen LogP contribution in [0.25, 0.3) is 6.08 Å². The number of hydrogen-bond acceptors (Lipinski definition) is 8. The van der Waals surface area contributed by atoms with E-state index in [1.165, 1.54) is 18.4 Å². The van der Waals surface area contributed by atoms with Gasteiger partial charge in [0.2, 0.25) is 5.72 Å². The summed E-state index contributed by atoms with van der Waals surface area (Å²) in [5.41, 5.74) is 0.105. The number of ether oxygens (including phenoxy) is 4. The highest BCUT2D eigenvalue weighted by Gasteiger charge is 2.55. The molecule has 3 heterocycles. The zero-order valence-corrected chi connectivity index (χ0v) is 19.3. The summed E-state index contributed by atoms with van der Waals surface area (Å²) in [5, 5.41) is 0. The van der Waals surface area contributed by atoms with Gasteiger partial charge in [-0.15, -0.1) is 0 Å². The summed E-state index contributed by atoms with van der Waals surface area (Å²) < 4.78 is 24.0. The average Bonchev–Trinajstić information content (AvgIpc) is 3.11. The minimum Gasteiger partial charge on any atom is -0.493 e. The normalized spacial score (nSPS) is 23.0. The number of methoxy groups -OCH3 is 3. The van der Waals surface area contributed by atoms with Gasteiger partial charge in [0, 0.05) is 5.56 Å². The number of benzene rings is 2. The first-order valence-electron chi connectivity index (χ1n) is 10.3. The summed E-state index contributed by atoms with van der Waals surface area (Å²) >= 11 is 1.26. The zero-order chi connectivity index (χ0) is 23.3. The molecule has 2 aromatic carbocycles. The molecule has 3 aromatic rings. The van der Waals surface area contributed by atoms with Crippen molar-refractivity contribution in [1.29, 1.82) is 0 Å². The van der Waals surface area contributed by atoms with Gasteiger partial charge in [0.25, 0.3) is 5.56 Å². The first-order valence-corrected chi connectivity index (χ1v) is 11.1. The number of nitrogens with zero attached hydrogens (tertiary/aromatic N) is 2. The highest BCUT2D eigenvalue weighted by molar-refractivity contribution is 7.07. The lowest BCUT2D eigenvalue weighted by molar-refractivity contribution is -0.158. The molecule has 8 nitrogen and oxygen atoms in total. The van der Waals surface area contributed by atoms with Gasteiger partial charge in [0.1, 0.15) is 11.7 Å². The van der Waals surface area contributed by atoms with Crippen molar-refractivity contribution in [2.45, 2.75) is 18.7 Å². The average molecular weight is 467 g/mol. The van der Waals surface area contributed by atoms with Gasteiger partial charge in [-0.05, 0) is 36.8 Å². The number of carbonyl (C=O) groups excluding carboxylic acids is 1. The minimum atomic E-state index is -1.19. The minimum absolute atomic E-state index is 0.230. The molecular formula is C24H22N2O6S. The molecule has 0 fully saturated rings. The Kier molecular flexibility index (Phi) is 5.01. The van der Waals surface area contributed by atoms with Crippen LogP contribution in [0.15, 0.2) is 52.3 Å². The van der Waals surface area contributed by atoms with Crippen molar-refractivity contribution in [3.05, 3.63) is 73.3 Å². The highest BCUT2D eigenvalue weighted by atomic mass is 32.1. The predicted octanol–water partition coefficient (Wildman–Crippen LogP) is 1.88. The second-order valence-electron chi connectivity index (χ2n) is 7.93. The molecule has 33 heavy (non-hydrogen) atoms. The molecule has 0 aliphatic carbocycles. The molecular weight excluding hydrogens is 444 g/mol. The quantitative estimate of drug-likeness (QED) is 0.546. The van der Waals surface area contributed by atoms with E-state index in [0.717, 1.165) is 11.1 Å². The molecule has 0 N–H and O–H groups in total. The molecule has 2 aliphatic rings. The first kappa shape index (κ1) is 21.3. The zero-order valence-electron chi connectivity index (χ0n) is 18.5. The molecule has 2 bridgehead atoms. The van der Waals surface area contributed by atoms with Crippen LogP contribution in [0.5, 0.6) is 17.2 Å². The summed E-state index contributed by atoms with van der Waals surface area (Å²) in [6.07, 6.45) is 1.78. The van der Waals surface area contributed by atoms with E-state index < -0.39 is 23.7 Å². The van der Waals surface area contributed by atoms with E-state index >= 15 is 0 Å². The van der Waals surface area contributed by atoms with E-state index in [-0.39, 0.29) is 5.56 Å². The number of carbonyl (C=O) groups is 1. The Balaban J connectivity index is 1.74. The van der Waals surface area contributed by atoms with E-state index in [4.69, 9.17) is 23.9 Å². The van der Waals surface area contributed by atoms with Crippen LogP contribution in [0.4, 0.5) is 0 Å². The molecule has 0 saturated heterocycles. The fourth-order valence-corrected chi connectivity index (χ4v) is 5.62. The van der Waals surface area contributed by atoms with Crippen molar-refractivity contribution >= 4 is 23.4 Å². The number of thiazole rings is 1. The van der Waals surface area contributed by atoms with Crippen LogP contribution < -0.4 is 29.1 Å². The Labute approximate surface area is 193 Å². The Morgan fingerprint density at radius 2 is 1.91 bits per heavy atom. The van der Waals surface area contributed by atoms with Crippen LogP contribution >= 0.6 is 11.3 Å². The lowest BCUT2D eigenvalue weighted by atomic mass is 9.81. The standard InChI is InChI=1S/C24H22N2O6S/c1-24-19(22(28)31-4)20(14-7-5-6-8-15(14)32-24)26-21(27)18(33-23(26)25-24)12-13-9-10-16(29-2)17(11-13)30-3/h5-12,19-20H,1-4H3/t19-,20+,24-/m0/s1. The summed E-state index contributed by atoms with van der Waals surface area (Å²) in [4.78, 5) is 31.7. The third-order valence-corrected chi connectivity index (χ3v) is 7.02. The number of esters is 1. The Hall–Kier alpha value is -3.59. The monoisotopic (exact) mass is 466 g/mol. The Bertz CT molecular complexity index is 1440. The summed E-state index contributed by atoms with van der Waals surface area (Å²) in [6, 6.07) is 12.2. The van der Waals surface area contributed by atoms with Crippen molar-refractivity contribution in [1.82, 2.24) is 4.57 Å². The van der Waals surface area contributed by atoms with Crippen molar-refractivity contribution in [2.75, 3.05) is 21.3 Å². The van der Waals surface area contributed by atoms with Crippen LogP contribution in [0.1, 0.15) is 24.1 Å². The van der Waals surface area contributed by atoms with Crippen LogP contribution in [-0.4, -0.2) is 37.6 Å². The van der Waals surface area contributed by atoms with Gasteiger partial charge in [-0.1, -0.05) is 35.6 Å². The van der Waals surface area contributed by atoms with Gasteiger partial charge in [0.05, 0.1) is 31.9 Å². The molecule has 0 amide bonds. The third-order valence-electron chi connectivity index (χ3n) is 6.04. The van der Waals surface area contributed by atoms with Crippen LogP contribution in [0.3, 0.4) is 0 Å². The van der Waals surface area contributed by atoms with E-state index in [2.05, 4.69) is 0 Å². The number of rotatable bonds is 4. The fourth-order valence-electron chi connectivity index (χ4n) is 4.53. The maximum atomic E-state index is 13.6. The van der Waals surface area contributed by atoms with Crippen molar-refractivity contribution < 1.29 is 23.7 Å². The lowest BCUT2D eigenvalue weighted by Gasteiger charge is -2.44. The summed E-state index contributed by atoms with van der Waals surface area (Å²) in [7, 11) is 4.46. The summed E-state index contributed by atoms with van der Waals surface area (Å²) in [5.74, 6) is 0.487. The smallest absolute Gasteiger partial charge is 0.317 e. The second kappa shape index (κ2) is 7.77. The van der Waals surface area contributed by atoms with E-state index in [1.54, 1.807) is 43.9 Å². The van der Waals surface area contributed by atoms with E-state index in [9.17, 15) is 9.59 Å². The van der Waals surface area contributed by atoms with Crippen LogP contribution in [0, 0.1) is 5.92 Å². The molecule has 0 spiro atoms. The lowest BCUT2D eigenvalue weighted by Crippen LogP contribution is -2.58. The maximum Gasteiger partial charge on any atom is 0.317 e. The fraction of sp³-hybridized carbons (Fsp3) is 0.292. The van der Waals surface area contributed by atoms with Gasteiger partial charge in [0.15, 0.2) is 16.3 Å². The number of hydrogen-bond donors (Lipinski definition) is 0. The SMILES string of the molecule is COC(=O)[C@@H]1[C@H]2c3ccccc3O[C@]1(C)N=c1sc(=Cc3ccc(OC)c(OC)c3)c(=O)n12. The van der Waals surface area contributed by atoms with Crippen molar-refractivity contribution in [3.63, 3.8) is 0 Å². The van der Waals surface area contributed by atoms with Crippen molar-refractivity contribution in [3.8, 4) is 17.2 Å². The highest BCUT2D eigenvalue weighted by Crippen LogP contribution is 2.47. The van der Waals surface area contributed by atoms with E-state index in [1.807, 2.05) is 30.3 Å². The summed E-state index contributed by atoms with van der Waals surface area (Å²) in [6.45, 7) is 1.75. The van der Waals surface area contributed by atoms with Gasteiger partial charge in [-0.25, -0.2) is 4.99 Å². The predicted molar refractivity (Wildman–Crippen MR) is 122 cm³/mol. The van der Waals surface area contributed by atoms with Crippen LogP contribution in [-0.2, 0) is 9.53 Å². The number of para-hydroxylation sites is 1. The topological polar surface area (TPSA) is 88.4 Å². The van der Waals surface area contributed by atoms with E-state index in [0.29, 0.717) is 26.6 Å². The Morgan fingerprint density at radius 3 is 2.64 bits per heavy atom. The second-order valence-corrected chi connectivity index (χ2v) is 8.94. The van der Waals surface area contributed by atoms with Gasteiger partial charge in [-0.3, -0.25) is 14.2 Å². The largest absolute Gasteiger partial charge is 0.493 e. The van der Waals surface area contributed by atoms with Crippen LogP contribution in [0.2, 0.25) is 0 Å². The number of fused-ring (bicyclic) bond motifs is 6. The molecule has 170 valence electrons. The van der Waals surface area contributed by atoms with Gasteiger partial charge >= 0.3 is 5.97 Å². The maximum absolute atomic E-state index is 13.6. The van der Waals surface area contributed by atoms with Crippen molar-refractivity contribution in [2.24, 2.45) is 10.9 Å². The molecule has 2 aliphatic heterocycles. The first-order chi connectivity index (χ1) is 15.9. The molecule has 3 atom stereocenters. The molecule has 5 rings (SSSR count). The van der Waals surface area contributed by atoms with Gasteiger partial charge < -0.3 is 18.9 Å². The molecule has 0 saturated carbocycles.